The molecule has 23 heavy (non-hydrogen) atoms. The summed E-state index contributed by atoms with van der Waals surface area (Å²) in [6.45, 7) is 1.85. The van der Waals surface area contributed by atoms with E-state index in [4.69, 9.17) is 11.6 Å². The van der Waals surface area contributed by atoms with Crippen LogP contribution in [0.1, 0.15) is 11.1 Å². The van der Waals surface area contributed by atoms with Crippen LogP contribution in [0.5, 0.6) is 5.75 Å². The normalized spacial score (nSPS) is 17.7. The van der Waals surface area contributed by atoms with E-state index in [1.807, 2.05) is 31.2 Å². The first-order chi connectivity index (χ1) is 11.0. The zero-order chi connectivity index (χ0) is 16.4. The van der Waals surface area contributed by atoms with Gasteiger partial charge >= 0.3 is 0 Å². The maximum atomic E-state index is 12.1. The van der Waals surface area contributed by atoms with Crippen LogP contribution in [-0.4, -0.2) is 16.2 Å². The second-order valence-corrected chi connectivity index (χ2v) is 6.38. The van der Waals surface area contributed by atoms with Gasteiger partial charge in [0.25, 0.3) is 5.91 Å². The molecule has 4 nitrogen and oxygen atoms in total. The summed E-state index contributed by atoms with van der Waals surface area (Å²) in [4.78, 5) is 16.9. The van der Waals surface area contributed by atoms with E-state index in [0.717, 1.165) is 11.1 Å². The highest BCUT2D eigenvalue weighted by molar-refractivity contribution is 8.18. The molecule has 2 aromatic rings. The van der Waals surface area contributed by atoms with Crippen LogP contribution in [0.2, 0.25) is 5.02 Å². The third kappa shape index (κ3) is 3.41. The SMILES string of the molecule is Cc1cccc(O)c1N=C1NC(=O)/C(=C/c2ccccc2Cl)S1. The molecule has 2 N–H and O–H groups in total. The minimum absolute atomic E-state index is 0.0795. The summed E-state index contributed by atoms with van der Waals surface area (Å²) >= 11 is 7.32. The highest BCUT2D eigenvalue weighted by atomic mass is 35.5. The summed E-state index contributed by atoms with van der Waals surface area (Å²) in [6, 6.07) is 12.5. The maximum absolute atomic E-state index is 12.1. The number of aromatic hydroxyl groups is 1. The van der Waals surface area contributed by atoms with E-state index in [0.29, 0.717) is 20.8 Å². The maximum Gasteiger partial charge on any atom is 0.264 e. The molecule has 1 heterocycles. The first kappa shape index (κ1) is 15.6. The molecular formula is C17H13ClN2O2S. The number of aryl methyl sites for hydroxylation is 1. The van der Waals surface area contributed by atoms with Gasteiger partial charge in [0.05, 0.1) is 4.91 Å². The van der Waals surface area contributed by atoms with E-state index in [-0.39, 0.29) is 11.7 Å². The van der Waals surface area contributed by atoms with Crippen molar-refractivity contribution in [3.63, 3.8) is 0 Å². The van der Waals surface area contributed by atoms with Gasteiger partial charge in [-0.1, -0.05) is 41.9 Å². The highest BCUT2D eigenvalue weighted by Crippen LogP contribution is 2.34. The number of carbonyl (C=O) groups excluding carboxylic acids is 1. The number of para-hydroxylation sites is 1. The lowest BCUT2D eigenvalue weighted by Crippen LogP contribution is -2.19. The number of amides is 1. The molecule has 0 spiro atoms. The van der Waals surface area contributed by atoms with Crippen molar-refractivity contribution in [3.8, 4) is 5.75 Å². The number of amidine groups is 1. The van der Waals surface area contributed by atoms with Crippen LogP contribution in [0.3, 0.4) is 0 Å². The van der Waals surface area contributed by atoms with Gasteiger partial charge in [0.2, 0.25) is 0 Å². The van der Waals surface area contributed by atoms with Crippen LogP contribution in [-0.2, 0) is 4.79 Å². The molecule has 116 valence electrons. The molecule has 0 unspecified atom stereocenters. The van der Waals surface area contributed by atoms with E-state index in [2.05, 4.69) is 10.3 Å². The molecule has 3 rings (SSSR count). The Labute approximate surface area is 142 Å². The Morgan fingerprint density at radius 1 is 1.22 bits per heavy atom. The number of nitrogens with one attached hydrogen (secondary N) is 1. The zero-order valence-electron chi connectivity index (χ0n) is 12.2. The number of nitrogens with zero attached hydrogens (tertiary/aromatic N) is 1. The Hall–Kier alpha value is -2.24. The monoisotopic (exact) mass is 344 g/mol. The quantitative estimate of drug-likeness (QED) is 0.801. The molecule has 0 radical (unpaired) electrons. The Morgan fingerprint density at radius 3 is 2.74 bits per heavy atom. The Balaban J connectivity index is 1.91. The van der Waals surface area contributed by atoms with Crippen molar-refractivity contribution in [2.45, 2.75) is 6.92 Å². The lowest BCUT2D eigenvalue weighted by molar-refractivity contribution is -0.115. The van der Waals surface area contributed by atoms with Gasteiger partial charge in [-0.05, 0) is 48.0 Å². The number of halogens is 1. The largest absolute Gasteiger partial charge is 0.506 e. The fourth-order valence-corrected chi connectivity index (χ4v) is 3.11. The highest BCUT2D eigenvalue weighted by Gasteiger charge is 2.24. The first-order valence-electron chi connectivity index (χ1n) is 6.87. The first-order valence-corrected chi connectivity index (χ1v) is 8.07. The fraction of sp³-hybridized carbons (Fsp3) is 0.0588. The number of hydrogen-bond acceptors (Lipinski definition) is 4. The molecule has 1 fully saturated rings. The second kappa shape index (κ2) is 6.48. The molecule has 0 atom stereocenters. The van der Waals surface area contributed by atoms with Crippen LogP contribution in [0.15, 0.2) is 52.4 Å². The van der Waals surface area contributed by atoms with Crippen molar-refractivity contribution in [1.29, 1.82) is 0 Å². The van der Waals surface area contributed by atoms with Crippen LogP contribution in [0.25, 0.3) is 6.08 Å². The minimum atomic E-state index is -0.234. The van der Waals surface area contributed by atoms with Gasteiger partial charge < -0.3 is 10.4 Å². The standard InChI is InChI=1S/C17H13ClN2O2S/c1-10-5-4-8-13(21)15(10)19-17-20-16(22)14(23-17)9-11-6-2-3-7-12(11)18/h2-9,21H,1H3,(H,19,20,22)/b14-9-. The smallest absolute Gasteiger partial charge is 0.264 e. The number of carbonyl (C=O) groups is 1. The molecule has 0 saturated carbocycles. The molecule has 2 aromatic carbocycles. The van der Waals surface area contributed by atoms with Crippen molar-refractivity contribution in [1.82, 2.24) is 5.32 Å². The summed E-state index contributed by atoms with van der Waals surface area (Å²) < 4.78 is 0. The number of benzene rings is 2. The molecule has 0 bridgehead atoms. The lowest BCUT2D eigenvalue weighted by Gasteiger charge is -2.03. The van der Waals surface area contributed by atoms with Gasteiger partial charge in [-0.3, -0.25) is 4.79 Å². The van der Waals surface area contributed by atoms with Crippen molar-refractivity contribution >= 4 is 46.2 Å². The predicted octanol–water partition coefficient (Wildman–Crippen LogP) is 4.25. The molecule has 6 heteroatoms. The number of thioether (sulfide) groups is 1. The molecule has 1 aliphatic heterocycles. The molecule has 0 aromatic heterocycles. The summed E-state index contributed by atoms with van der Waals surface area (Å²) in [6.07, 6.45) is 1.72. The lowest BCUT2D eigenvalue weighted by atomic mass is 10.2. The van der Waals surface area contributed by atoms with E-state index < -0.39 is 0 Å². The topological polar surface area (TPSA) is 61.7 Å². The summed E-state index contributed by atoms with van der Waals surface area (Å²) in [5.74, 6) is -0.155. The molecule has 1 amide bonds. The molecular weight excluding hydrogens is 332 g/mol. The third-order valence-corrected chi connectivity index (χ3v) is 4.53. The molecule has 0 aliphatic carbocycles. The van der Waals surface area contributed by atoms with Gasteiger partial charge in [-0.2, -0.15) is 0 Å². The van der Waals surface area contributed by atoms with Crippen LogP contribution < -0.4 is 5.32 Å². The average molecular weight is 345 g/mol. The van der Waals surface area contributed by atoms with Crippen molar-refractivity contribution in [2.75, 3.05) is 0 Å². The van der Waals surface area contributed by atoms with E-state index in [1.54, 1.807) is 24.3 Å². The second-order valence-electron chi connectivity index (χ2n) is 4.95. The van der Waals surface area contributed by atoms with Crippen LogP contribution in [0, 0.1) is 6.92 Å². The predicted molar refractivity (Wildman–Crippen MR) is 95.1 cm³/mol. The van der Waals surface area contributed by atoms with Gasteiger partial charge in [0.1, 0.15) is 11.4 Å². The van der Waals surface area contributed by atoms with Gasteiger partial charge in [-0.15, -0.1) is 0 Å². The van der Waals surface area contributed by atoms with E-state index >= 15 is 0 Å². The summed E-state index contributed by atoms with van der Waals surface area (Å²) in [5.41, 5.74) is 2.05. The molecule has 1 aliphatic rings. The number of rotatable bonds is 2. The molecule has 1 saturated heterocycles. The van der Waals surface area contributed by atoms with Crippen molar-refractivity contribution in [3.05, 3.63) is 63.5 Å². The van der Waals surface area contributed by atoms with E-state index in [1.165, 1.54) is 11.8 Å². The Bertz CT molecular complexity index is 826. The van der Waals surface area contributed by atoms with Gasteiger partial charge in [0.15, 0.2) is 5.17 Å². The minimum Gasteiger partial charge on any atom is -0.506 e. The van der Waals surface area contributed by atoms with Crippen LogP contribution in [0.4, 0.5) is 5.69 Å². The third-order valence-electron chi connectivity index (χ3n) is 3.27. The number of phenolic OH excluding ortho intramolecular Hbond substituents is 1. The van der Waals surface area contributed by atoms with Crippen molar-refractivity contribution in [2.24, 2.45) is 4.99 Å². The number of aliphatic imine (C=N–C) groups is 1. The van der Waals surface area contributed by atoms with Crippen molar-refractivity contribution < 1.29 is 9.90 Å². The van der Waals surface area contributed by atoms with Gasteiger partial charge in [0, 0.05) is 5.02 Å². The van der Waals surface area contributed by atoms with Crippen LogP contribution >= 0.6 is 23.4 Å². The summed E-state index contributed by atoms with van der Waals surface area (Å²) in [7, 11) is 0. The average Bonchev–Trinajstić information content (AvgIpc) is 2.85. The number of hydrogen-bond donors (Lipinski definition) is 2. The summed E-state index contributed by atoms with van der Waals surface area (Å²) in [5, 5.41) is 13.6. The zero-order valence-corrected chi connectivity index (χ0v) is 13.8. The Morgan fingerprint density at radius 2 is 2.00 bits per heavy atom. The van der Waals surface area contributed by atoms with Gasteiger partial charge in [-0.25, -0.2) is 4.99 Å². The Kier molecular flexibility index (Phi) is 4.41. The van der Waals surface area contributed by atoms with E-state index in [9.17, 15) is 9.90 Å². The fourth-order valence-electron chi connectivity index (χ4n) is 2.10. The number of phenols is 1.